The van der Waals surface area contributed by atoms with Gasteiger partial charge in [0.05, 0.1) is 6.61 Å². The molecular formula is C13H28N2O2. The molecule has 1 atom stereocenters. The second kappa shape index (κ2) is 10.5. The fourth-order valence-electron chi connectivity index (χ4n) is 1.66. The van der Waals surface area contributed by atoms with Gasteiger partial charge in [0, 0.05) is 0 Å². The van der Waals surface area contributed by atoms with E-state index in [-0.39, 0.29) is 12.0 Å². The predicted molar refractivity (Wildman–Crippen MR) is 71.1 cm³/mol. The highest BCUT2D eigenvalue weighted by Gasteiger charge is 2.17. The van der Waals surface area contributed by atoms with Crippen LogP contribution in [0.15, 0.2) is 0 Å². The van der Waals surface area contributed by atoms with E-state index in [1.807, 2.05) is 6.92 Å². The number of carbonyl (C=O) groups excluding carboxylic acids is 1. The second-order valence-electron chi connectivity index (χ2n) is 4.56. The summed E-state index contributed by atoms with van der Waals surface area (Å²) in [6, 6.07) is -0.126. The third-order valence-electron chi connectivity index (χ3n) is 2.57. The van der Waals surface area contributed by atoms with E-state index < -0.39 is 0 Å². The normalized spacial score (nSPS) is 12.8. The van der Waals surface area contributed by atoms with Gasteiger partial charge in [0.2, 0.25) is 0 Å². The molecule has 0 aliphatic heterocycles. The van der Waals surface area contributed by atoms with Gasteiger partial charge in [0.1, 0.15) is 6.04 Å². The van der Waals surface area contributed by atoms with Crippen molar-refractivity contribution in [3.05, 3.63) is 0 Å². The van der Waals surface area contributed by atoms with E-state index in [9.17, 15) is 4.79 Å². The fraction of sp³-hybridized carbons (Fsp3) is 0.923. The summed E-state index contributed by atoms with van der Waals surface area (Å²) in [7, 11) is 4.15. The zero-order valence-corrected chi connectivity index (χ0v) is 11.8. The topological polar surface area (TPSA) is 41.6 Å². The number of nitrogens with zero attached hydrogens (tertiary/aromatic N) is 1. The van der Waals surface area contributed by atoms with Crippen LogP contribution in [0.4, 0.5) is 0 Å². The van der Waals surface area contributed by atoms with Gasteiger partial charge >= 0.3 is 5.97 Å². The van der Waals surface area contributed by atoms with Gasteiger partial charge in [0.25, 0.3) is 0 Å². The fourth-order valence-corrected chi connectivity index (χ4v) is 1.66. The number of unbranched alkanes of at least 4 members (excludes halogenated alkanes) is 1. The molecule has 0 saturated carbocycles. The quantitative estimate of drug-likeness (QED) is 0.469. The van der Waals surface area contributed by atoms with Gasteiger partial charge in [-0.2, -0.15) is 0 Å². The van der Waals surface area contributed by atoms with Crippen molar-refractivity contribution in [2.75, 3.05) is 33.8 Å². The minimum Gasteiger partial charge on any atom is -0.465 e. The number of nitrogens with one attached hydrogen (secondary N) is 1. The van der Waals surface area contributed by atoms with Crippen molar-refractivity contribution in [1.29, 1.82) is 0 Å². The van der Waals surface area contributed by atoms with Crippen molar-refractivity contribution in [2.24, 2.45) is 0 Å². The van der Waals surface area contributed by atoms with Crippen LogP contribution < -0.4 is 5.32 Å². The monoisotopic (exact) mass is 244 g/mol. The van der Waals surface area contributed by atoms with Crippen LogP contribution >= 0.6 is 0 Å². The maximum atomic E-state index is 11.6. The number of esters is 1. The number of carbonyl (C=O) groups is 1. The maximum absolute atomic E-state index is 11.6. The first-order chi connectivity index (χ1) is 8.11. The molecule has 0 amide bonds. The SMILES string of the molecule is CCCC(NCCCCN(C)C)C(=O)OCC. The first kappa shape index (κ1) is 16.4. The minimum absolute atomic E-state index is 0.109. The van der Waals surface area contributed by atoms with E-state index in [1.165, 1.54) is 0 Å². The van der Waals surface area contributed by atoms with Gasteiger partial charge < -0.3 is 15.0 Å². The van der Waals surface area contributed by atoms with Crippen molar-refractivity contribution in [2.45, 2.75) is 45.6 Å². The van der Waals surface area contributed by atoms with Crippen molar-refractivity contribution in [3.63, 3.8) is 0 Å². The average Bonchev–Trinajstić information content (AvgIpc) is 2.27. The average molecular weight is 244 g/mol. The zero-order valence-electron chi connectivity index (χ0n) is 11.8. The summed E-state index contributed by atoms with van der Waals surface area (Å²) < 4.78 is 5.04. The lowest BCUT2D eigenvalue weighted by Crippen LogP contribution is -2.38. The Bertz CT molecular complexity index is 196. The van der Waals surface area contributed by atoms with E-state index in [4.69, 9.17) is 4.74 Å². The van der Waals surface area contributed by atoms with Gasteiger partial charge in [-0.25, -0.2) is 0 Å². The summed E-state index contributed by atoms with van der Waals surface area (Å²) in [6.45, 7) is 6.37. The molecule has 4 heteroatoms. The van der Waals surface area contributed by atoms with Gasteiger partial charge in [-0.05, 0) is 53.4 Å². The molecule has 0 aliphatic rings. The van der Waals surface area contributed by atoms with Crippen molar-refractivity contribution < 1.29 is 9.53 Å². The molecule has 0 rings (SSSR count). The molecule has 0 spiro atoms. The Morgan fingerprint density at radius 3 is 2.53 bits per heavy atom. The Labute approximate surface area is 106 Å². The Morgan fingerprint density at radius 1 is 1.29 bits per heavy atom. The van der Waals surface area contributed by atoms with Crippen LogP contribution in [0.2, 0.25) is 0 Å². The Hall–Kier alpha value is -0.610. The molecule has 0 radical (unpaired) electrons. The summed E-state index contributed by atoms with van der Waals surface area (Å²) in [5, 5.41) is 3.29. The lowest BCUT2D eigenvalue weighted by Gasteiger charge is -2.16. The van der Waals surface area contributed by atoms with Crippen LogP contribution in [-0.4, -0.2) is 50.7 Å². The van der Waals surface area contributed by atoms with Crippen LogP contribution in [0.25, 0.3) is 0 Å². The number of hydrogen-bond donors (Lipinski definition) is 1. The van der Waals surface area contributed by atoms with Gasteiger partial charge in [-0.1, -0.05) is 13.3 Å². The van der Waals surface area contributed by atoms with E-state index >= 15 is 0 Å². The second-order valence-corrected chi connectivity index (χ2v) is 4.56. The molecule has 0 aromatic carbocycles. The largest absolute Gasteiger partial charge is 0.465 e. The molecule has 0 fully saturated rings. The molecule has 102 valence electrons. The number of hydrogen-bond acceptors (Lipinski definition) is 4. The summed E-state index contributed by atoms with van der Waals surface area (Å²) in [5.41, 5.74) is 0. The van der Waals surface area contributed by atoms with Crippen LogP contribution in [0.1, 0.15) is 39.5 Å². The predicted octanol–water partition coefficient (Wildman–Crippen LogP) is 1.65. The van der Waals surface area contributed by atoms with Crippen molar-refractivity contribution in [3.8, 4) is 0 Å². The highest BCUT2D eigenvalue weighted by atomic mass is 16.5. The van der Waals surface area contributed by atoms with E-state index in [1.54, 1.807) is 0 Å². The van der Waals surface area contributed by atoms with Crippen LogP contribution in [-0.2, 0) is 9.53 Å². The Morgan fingerprint density at radius 2 is 2.00 bits per heavy atom. The summed E-state index contributed by atoms with van der Waals surface area (Å²) >= 11 is 0. The molecule has 0 heterocycles. The van der Waals surface area contributed by atoms with E-state index in [0.29, 0.717) is 6.61 Å². The first-order valence-electron chi connectivity index (χ1n) is 6.66. The van der Waals surface area contributed by atoms with Gasteiger partial charge in [-0.3, -0.25) is 4.79 Å². The third-order valence-corrected chi connectivity index (χ3v) is 2.57. The highest BCUT2D eigenvalue weighted by Crippen LogP contribution is 2.00. The van der Waals surface area contributed by atoms with E-state index in [0.717, 1.165) is 38.8 Å². The molecular weight excluding hydrogens is 216 g/mol. The standard InChI is InChI=1S/C13H28N2O2/c1-5-9-12(13(16)17-6-2)14-10-7-8-11-15(3)4/h12,14H,5-11H2,1-4H3. The minimum atomic E-state index is -0.126. The van der Waals surface area contributed by atoms with Crippen LogP contribution in [0, 0.1) is 0 Å². The maximum Gasteiger partial charge on any atom is 0.323 e. The molecule has 1 unspecified atom stereocenters. The van der Waals surface area contributed by atoms with Gasteiger partial charge in [-0.15, -0.1) is 0 Å². The molecule has 4 nitrogen and oxygen atoms in total. The molecule has 0 aromatic rings. The molecule has 1 N–H and O–H groups in total. The molecule has 0 aromatic heterocycles. The third kappa shape index (κ3) is 9.12. The Kier molecular flexibility index (Phi) is 10.2. The molecule has 0 aliphatic carbocycles. The van der Waals surface area contributed by atoms with Crippen LogP contribution in [0.3, 0.4) is 0 Å². The Balaban J connectivity index is 3.73. The van der Waals surface area contributed by atoms with Crippen LogP contribution in [0.5, 0.6) is 0 Å². The molecule has 17 heavy (non-hydrogen) atoms. The lowest BCUT2D eigenvalue weighted by molar-refractivity contribution is -0.145. The smallest absolute Gasteiger partial charge is 0.323 e. The zero-order chi connectivity index (χ0) is 13.1. The molecule has 0 saturated heterocycles. The lowest BCUT2D eigenvalue weighted by atomic mass is 10.1. The van der Waals surface area contributed by atoms with Crippen molar-refractivity contribution >= 4 is 5.97 Å². The van der Waals surface area contributed by atoms with E-state index in [2.05, 4.69) is 31.2 Å². The highest BCUT2D eigenvalue weighted by molar-refractivity contribution is 5.75. The summed E-state index contributed by atoms with van der Waals surface area (Å²) in [4.78, 5) is 13.8. The number of ether oxygens (including phenoxy) is 1. The summed E-state index contributed by atoms with van der Waals surface area (Å²) in [6.07, 6.45) is 4.10. The summed E-state index contributed by atoms with van der Waals surface area (Å²) in [5.74, 6) is -0.109. The van der Waals surface area contributed by atoms with Gasteiger partial charge in [0.15, 0.2) is 0 Å². The first-order valence-corrected chi connectivity index (χ1v) is 6.66. The molecule has 0 bridgehead atoms. The number of rotatable bonds is 10. The van der Waals surface area contributed by atoms with Crippen molar-refractivity contribution in [1.82, 2.24) is 10.2 Å².